The Morgan fingerprint density at radius 2 is 1.63 bits per heavy atom. The van der Waals surface area contributed by atoms with Gasteiger partial charge in [-0.25, -0.2) is 0 Å². The van der Waals surface area contributed by atoms with E-state index in [9.17, 15) is 0 Å². The monoisotopic (exact) mass is 258 g/mol. The van der Waals surface area contributed by atoms with Crippen LogP contribution in [0.25, 0.3) is 0 Å². The minimum atomic E-state index is 0.777. The molecule has 1 unspecified atom stereocenters. The molecular formula is C19H30. The minimum Gasteiger partial charge on any atom is -0.103 e. The number of benzene rings is 1. The Bertz CT molecular complexity index is 312. The molecule has 19 heavy (non-hydrogen) atoms. The smallest absolute Gasteiger partial charge is 0.0162 e. The van der Waals surface area contributed by atoms with Gasteiger partial charge in [-0.3, -0.25) is 0 Å². The van der Waals surface area contributed by atoms with Crippen LogP contribution in [0.15, 0.2) is 43.0 Å². The van der Waals surface area contributed by atoms with E-state index in [0.717, 1.165) is 5.92 Å². The zero-order chi connectivity index (χ0) is 13.8. The quantitative estimate of drug-likeness (QED) is 0.314. The fraction of sp³-hybridized carbons (Fsp3) is 0.579. The summed E-state index contributed by atoms with van der Waals surface area (Å²) in [4.78, 5) is 0. The van der Waals surface area contributed by atoms with Gasteiger partial charge in [0, 0.05) is 0 Å². The van der Waals surface area contributed by atoms with E-state index in [2.05, 4.69) is 43.8 Å². The first kappa shape index (κ1) is 16.0. The van der Waals surface area contributed by atoms with Gasteiger partial charge in [0.1, 0.15) is 0 Å². The van der Waals surface area contributed by atoms with Crippen LogP contribution in [0.1, 0.15) is 76.2 Å². The van der Waals surface area contributed by atoms with Crippen LogP contribution in [0, 0.1) is 0 Å². The van der Waals surface area contributed by atoms with E-state index in [1.807, 2.05) is 6.08 Å². The molecule has 0 saturated carbocycles. The normalized spacial score (nSPS) is 12.3. The maximum Gasteiger partial charge on any atom is -0.0162 e. The summed E-state index contributed by atoms with van der Waals surface area (Å²) >= 11 is 0. The van der Waals surface area contributed by atoms with E-state index in [4.69, 9.17) is 0 Å². The van der Waals surface area contributed by atoms with Gasteiger partial charge in [0.15, 0.2) is 0 Å². The molecule has 0 fully saturated rings. The molecule has 0 spiro atoms. The van der Waals surface area contributed by atoms with E-state index in [-0.39, 0.29) is 0 Å². The number of allylic oxidation sites excluding steroid dienone is 1. The van der Waals surface area contributed by atoms with Crippen molar-refractivity contribution >= 4 is 0 Å². The lowest BCUT2D eigenvalue weighted by molar-refractivity contribution is 0.514. The highest BCUT2D eigenvalue weighted by Crippen LogP contribution is 2.27. The molecule has 0 nitrogen and oxygen atoms in total. The Labute approximate surface area is 119 Å². The van der Waals surface area contributed by atoms with Gasteiger partial charge < -0.3 is 0 Å². The standard InChI is InChI=1S/C19H30/c1-3-5-6-7-8-9-11-15-18(14-4-2)19-16-12-10-13-17-19/h3,10,12-13,16-18H,1,4-9,11,14-15H2,2H3. The molecule has 0 aromatic heterocycles. The van der Waals surface area contributed by atoms with Crippen molar-refractivity contribution in [2.45, 2.75) is 70.6 Å². The van der Waals surface area contributed by atoms with Crippen LogP contribution >= 0.6 is 0 Å². The third-order valence-corrected chi connectivity index (χ3v) is 3.87. The summed E-state index contributed by atoms with van der Waals surface area (Å²) in [6.07, 6.45) is 14.1. The first-order valence-corrected chi connectivity index (χ1v) is 8.04. The molecule has 1 aromatic rings. The molecule has 0 saturated heterocycles. The molecule has 1 atom stereocenters. The second-order valence-corrected chi connectivity index (χ2v) is 5.53. The topological polar surface area (TPSA) is 0 Å². The van der Waals surface area contributed by atoms with Crippen molar-refractivity contribution in [1.29, 1.82) is 0 Å². The molecule has 0 aliphatic rings. The Balaban J connectivity index is 2.21. The van der Waals surface area contributed by atoms with Gasteiger partial charge in [0.05, 0.1) is 0 Å². The Kier molecular flexibility index (Phi) is 9.14. The van der Waals surface area contributed by atoms with Gasteiger partial charge in [-0.15, -0.1) is 6.58 Å². The molecule has 0 aliphatic carbocycles. The number of hydrogen-bond acceptors (Lipinski definition) is 0. The maximum atomic E-state index is 3.77. The van der Waals surface area contributed by atoms with Crippen LogP contribution in [0.3, 0.4) is 0 Å². The molecule has 0 aliphatic heterocycles. The van der Waals surface area contributed by atoms with Gasteiger partial charge in [-0.05, 0) is 37.2 Å². The third-order valence-electron chi connectivity index (χ3n) is 3.87. The second-order valence-electron chi connectivity index (χ2n) is 5.53. The largest absolute Gasteiger partial charge is 0.103 e. The van der Waals surface area contributed by atoms with Crippen molar-refractivity contribution in [2.24, 2.45) is 0 Å². The van der Waals surface area contributed by atoms with Crippen molar-refractivity contribution < 1.29 is 0 Å². The highest BCUT2D eigenvalue weighted by Gasteiger charge is 2.09. The Morgan fingerprint density at radius 3 is 2.32 bits per heavy atom. The fourth-order valence-electron chi connectivity index (χ4n) is 2.76. The van der Waals surface area contributed by atoms with Gasteiger partial charge in [-0.2, -0.15) is 0 Å². The Hall–Kier alpha value is -1.04. The van der Waals surface area contributed by atoms with Crippen LogP contribution < -0.4 is 0 Å². The van der Waals surface area contributed by atoms with Crippen molar-refractivity contribution in [3.05, 3.63) is 48.6 Å². The molecule has 0 N–H and O–H groups in total. The summed E-state index contributed by atoms with van der Waals surface area (Å²) < 4.78 is 0. The summed E-state index contributed by atoms with van der Waals surface area (Å²) in [5.74, 6) is 0.777. The molecule has 106 valence electrons. The van der Waals surface area contributed by atoms with Crippen molar-refractivity contribution in [2.75, 3.05) is 0 Å². The van der Waals surface area contributed by atoms with E-state index in [0.29, 0.717) is 0 Å². The molecule has 0 bridgehead atoms. The highest BCUT2D eigenvalue weighted by atomic mass is 14.1. The van der Waals surface area contributed by atoms with E-state index in [1.165, 1.54) is 63.4 Å². The molecule has 0 heterocycles. The molecule has 1 aromatic carbocycles. The lowest BCUT2D eigenvalue weighted by Crippen LogP contribution is -1.98. The summed E-state index contributed by atoms with van der Waals surface area (Å²) in [5, 5.41) is 0. The number of hydrogen-bond donors (Lipinski definition) is 0. The predicted molar refractivity (Wildman–Crippen MR) is 86.6 cm³/mol. The van der Waals surface area contributed by atoms with E-state index in [1.54, 1.807) is 0 Å². The summed E-state index contributed by atoms with van der Waals surface area (Å²) in [5.41, 5.74) is 1.54. The highest BCUT2D eigenvalue weighted by molar-refractivity contribution is 5.19. The summed E-state index contributed by atoms with van der Waals surface area (Å²) in [6, 6.07) is 11.1. The van der Waals surface area contributed by atoms with Gasteiger partial charge in [0.2, 0.25) is 0 Å². The van der Waals surface area contributed by atoms with Crippen molar-refractivity contribution in [3.63, 3.8) is 0 Å². The average molecular weight is 258 g/mol. The van der Waals surface area contributed by atoms with Crippen molar-refractivity contribution in [1.82, 2.24) is 0 Å². The van der Waals surface area contributed by atoms with Crippen LogP contribution in [0.5, 0.6) is 0 Å². The van der Waals surface area contributed by atoms with Crippen LogP contribution in [0.2, 0.25) is 0 Å². The van der Waals surface area contributed by atoms with Crippen molar-refractivity contribution in [3.8, 4) is 0 Å². The first-order chi connectivity index (χ1) is 9.38. The molecule has 0 radical (unpaired) electrons. The zero-order valence-corrected chi connectivity index (χ0v) is 12.6. The fourth-order valence-corrected chi connectivity index (χ4v) is 2.76. The van der Waals surface area contributed by atoms with Crippen LogP contribution in [0.4, 0.5) is 0 Å². The SMILES string of the molecule is C=CCCCCCCCC(CCC)c1ccccc1. The van der Waals surface area contributed by atoms with Gasteiger partial charge in [-0.1, -0.05) is 75.4 Å². The lowest BCUT2D eigenvalue weighted by atomic mass is 9.89. The minimum absolute atomic E-state index is 0.777. The average Bonchev–Trinajstić information content (AvgIpc) is 2.46. The van der Waals surface area contributed by atoms with E-state index >= 15 is 0 Å². The number of rotatable bonds is 11. The van der Waals surface area contributed by atoms with E-state index < -0.39 is 0 Å². The van der Waals surface area contributed by atoms with Gasteiger partial charge in [0.25, 0.3) is 0 Å². The zero-order valence-electron chi connectivity index (χ0n) is 12.6. The second kappa shape index (κ2) is 10.8. The predicted octanol–water partition coefficient (Wildman–Crippen LogP) is 6.49. The Morgan fingerprint density at radius 1 is 0.947 bits per heavy atom. The third kappa shape index (κ3) is 7.20. The lowest BCUT2D eigenvalue weighted by Gasteiger charge is -2.16. The molecule has 0 heteroatoms. The van der Waals surface area contributed by atoms with Gasteiger partial charge >= 0.3 is 0 Å². The van der Waals surface area contributed by atoms with Crippen LogP contribution in [-0.2, 0) is 0 Å². The molecule has 0 amide bonds. The molecule has 1 rings (SSSR count). The first-order valence-electron chi connectivity index (χ1n) is 8.04. The summed E-state index contributed by atoms with van der Waals surface area (Å²) in [6.45, 7) is 6.07. The number of unbranched alkanes of at least 4 members (excludes halogenated alkanes) is 5. The summed E-state index contributed by atoms with van der Waals surface area (Å²) in [7, 11) is 0. The van der Waals surface area contributed by atoms with Crippen LogP contribution in [-0.4, -0.2) is 0 Å². The molecular weight excluding hydrogens is 228 g/mol. The maximum absolute atomic E-state index is 3.77.